The van der Waals surface area contributed by atoms with Gasteiger partial charge in [0.05, 0.1) is 6.04 Å². The minimum absolute atomic E-state index is 0.162. The van der Waals surface area contributed by atoms with Crippen molar-refractivity contribution in [3.05, 3.63) is 0 Å². The molecule has 2 rings (SSSR count). The molecule has 2 aliphatic rings. The van der Waals surface area contributed by atoms with Gasteiger partial charge in [0.25, 0.3) is 0 Å². The van der Waals surface area contributed by atoms with Crippen molar-refractivity contribution in [2.24, 2.45) is 5.92 Å². The van der Waals surface area contributed by atoms with E-state index in [-0.39, 0.29) is 17.9 Å². The van der Waals surface area contributed by atoms with Gasteiger partial charge in [-0.3, -0.25) is 9.21 Å². The van der Waals surface area contributed by atoms with Gasteiger partial charge >= 0.3 is 0 Å². The Balaban J connectivity index is 1.86. The minimum atomic E-state index is 0.162. The molecule has 0 aromatic carbocycles. The Morgan fingerprint density at radius 3 is 2.50 bits per heavy atom. The topological polar surface area (TPSA) is 32.3 Å². The fourth-order valence-corrected chi connectivity index (χ4v) is 3.04. The maximum atomic E-state index is 12.2. The van der Waals surface area contributed by atoms with Crippen LogP contribution in [-0.4, -0.2) is 29.5 Å². The SMILES string of the molecule is O=C(C1CCCCC1)N(Cl)[C@@H]1CCCNC1. The Labute approximate surface area is 103 Å². The van der Waals surface area contributed by atoms with Crippen LogP contribution in [0.5, 0.6) is 0 Å². The Hall–Kier alpha value is -0.280. The van der Waals surface area contributed by atoms with E-state index in [0.29, 0.717) is 0 Å². The number of carbonyl (C=O) groups excluding carboxylic acids is 1. The second-order valence-electron chi connectivity index (χ2n) is 4.98. The van der Waals surface area contributed by atoms with Crippen LogP contribution in [0.3, 0.4) is 0 Å². The minimum Gasteiger partial charge on any atom is -0.315 e. The van der Waals surface area contributed by atoms with Gasteiger partial charge in [-0.05, 0) is 32.2 Å². The predicted octanol–water partition coefficient (Wildman–Crippen LogP) is 2.30. The fourth-order valence-electron chi connectivity index (χ4n) is 2.73. The molecule has 0 aromatic heterocycles. The van der Waals surface area contributed by atoms with E-state index in [4.69, 9.17) is 11.8 Å². The van der Waals surface area contributed by atoms with Gasteiger partial charge in [-0.15, -0.1) is 0 Å². The molecule has 2 fully saturated rings. The van der Waals surface area contributed by atoms with E-state index in [0.717, 1.165) is 38.8 Å². The van der Waals surface area contributed by atoms with Crippen LogP contribution in [0, 0.1) is 5.92 Å². The zero-order valence-corrected chi connectivity index (χ0v) is 10.5. The number of piperidine rings is 1. The molecule has 0 unspecified atom stereocenters. The second kappa shape index (κ2) is 5.87. The molecule has 0 bridgehead atoms. The third kappa shape index (κ3) is 2.89. The van der Waals surface area contributed by atoms with Gasteiger partial charge in [0.15, 0.2) is 0 Å². The van der Waals surface area contributed by atoms with Gasteiger partial charge in [-0.2, -0.15) is 0 Å². The molecule has 1 aliphatic heterocycles. The Morgan fingerprint density at radius 2 is 1.88 bits per heavy atom. The summed E-state index contributed by atoms with van der Waals surface area (Å²) in [4.78, 5) is 12.2. The number of halogens is 1. The van der Waals surface area contributed by atoms with Crippen LogP contribution >= 0.6 is 11.8 Å². The number of hydrogen-bond donors (Lipinski definition) is 1. The van der Waals surface area contributed by atoms with Gasteiger partial charge in [0.2, 0.25) is 5.91 Å². The predicted molar refractivity (Wildman–Crippen MR) is 65.2 cm³/mol. The first-order valence-corrected chi connectivity index (χ1v) is 6.82. The normalized spacial score (nSPS) is 27.7. The van der Waals surface area contributed by atoms with E-state index in [1.54, 1.807) is 0 Å². The van der Waals surface area contributed by atoms with Gasteiger partial charge < -0.3 is 5.32 Å². The van der Waals surface area contributed by atoms with Crippen LogP contribution in [0.4, 0.5) is 0 Å². The highest BCUT2D eigenvalue weighted by molar-refractivity contribution is 6.21. The summed E-state index contributed by atoms with van der Waals surface area (Å²) in [7, 11) is 0. The lowest BCUT2D eigenvalue weighted by atomic mass is 9.88. The number of nitrogens with one attached hydrogen (secondary N) is 1. The number of rotatable bonds is 2. The molecule has 1 N–H and O–H groups in total. The lowest BCUT2D eigenvalue weighted by Gasteiger charge is -2.32. The average molecular weight is 245 g/mol. The molecule has 1 heterocycles. The van der Waals surface area contributed by atoms with Crippen molar-refractivity contribution in [3.8, 4) is 0 Å². The maximum Gasteiger partial charge on any atom is 0.240 e. The Morgan fingerprint density at radius 1 is 1.12 bits per heavy atom. The largest absolute Gasteiger partial charge is 0.315 e. The van der Waals surface area contributed by atoms with Crippen LogP contribution in [-0.2, 0) is 4.79 Å². The first-order valence-electron chi connectivity index (χ1n) is 6.48. The summed E-state index contributed by atoms with van der Waals surface area (Å²) in [5.74, 6) is 0.350. The molecular weight excluding hydrogens is 224 g/mol. The van der Waals surface area contributed by atoms with Gasteiger partial charge in [-0.25, -0.2) is 0 Å². The van der Waals surface area contributed by atoms with E-state index in [9.17, 15) is 4.79 Å². The summed E-state index contributed by atoms with van der Waals surface area (Å²) >= 11 is 6.19. The van der Waals surface area contributed by atoms with Crippen molar-refractivity contribution in [1.82, 2.24) is 9.74 Å². The van der Waals surface area contributed by atoms with Crippen molar-refractivity contribution in [3.63, 3.8) is 0 Å². The standard InChI is InChI=1S/C12H21ClN2O/c13-15(11-7-4-8-14-9-11)12(16)10-5-2-1-3-6-10/h10-11,14H,1-9H2/t11-/m1/s1. The fraction of sp³-hybridized carbons (Fsp3) is 0.917. The molecule has 4 heteroatoms. The summed E-state index contributed by atoms with van der Waals surface area (Å²) in [5, 5.41) is 3.30. The molecule has 1 saturated heterocycles. The highest BCUT2D eigenvalue weighted by Gasteiger charge is 2.30. The lowest BCUT2D eigenvalue weighted by molar-refractivity contribution is -0.133. The van der Waals surface area contributed by atoms with Crippen LogP contribution in [0.1, 0.15) is 44.9 Å². The van der Waals surface area contributed by atoms with Crippen molar-refractivity contribution in [2.45, 2.75) is 51.0 Å². The first-order chi connectivity index (χ1) is 7.79. The van der Waals surface area contributed by atoms with E-state index < -0.39 is 0 Å². The van der Waals surface area contributed by atoms with Crippen molar-refractivity contribution in [2.75, 3.05) is 13.1 Å². The average Bonchev–Trinajstić information content (AvgIpc) is 2.39. The van der Waals surface area contributed by atoms with Crippen LogP contribution in [0.25, 0.3) is 0 Å². The Kier molecular flexibility index (Phi) is 4.47. The molecule has 3 nitrogen and oxygen atoms in total. The highest BCUT2D eigenvalue weighted by atomic mass is 35.5. The monoisotopic (exact) mass is 244 g/mol. The molecule has 0 spiro atoms. The molecule has 0 aromatic rings. The maximum absolute atomic E-state index is 12.2. The molecular formula is C12H21ClN2O. The molecule has 1 saturated carbocycles. The van der Waals surface area contributed by atoms with Crippen LogP contribution in [0.15, 0.2) is 0 Å². The molecule has 1 aliphatic carbocycles. The van der Waals surface area contributed by atoms with E-state index >= 15 is 0 Å². The number of nitrogens with zero attached hydrogens (tertiary/aromatic N) is 1. The summed E-state index contributed by atoms with van der Waals surface area (Å²) in [6.07, 6.45) is 7.86. The molecule has 0 radical (unpaired) electrons. The van der Waals surface area contributed by atoms with E-state index in [1.165, 1.54) is 23.7 Å². The first kappa shape index (κ1) is 12.2. The zero-order chi connectivity index (χ0) is 11.4. The summed E-state index contributed by atoms with van der Waals surface area (Å²) < 4.78 is 1.49. The number of amides is 1. The summed E-state index contributed by atoms with van der Waals surface area (Å²) in [6.45, 7) is 1.90. The number of hydrogen-bond acceptors (Lipinski definition) is 2. The summed E-state index contributed by atoms with van der Waals surface area (Å²) in [5.41, 5.74) is 0. The second-order valence-corrected chi connectivity index (χ2v) is 5.35. The third-order valence-corrected chi connectivity index (χ3v) is 4.20. The highest BCUT2D eigenvalue weighted by Crippen LogP contribution is 2.27. The Bertz CT molecular complexity index is 235. The lowest BCUT2D eigenvalue weighted by Crippen LogP contribution is -2.46. The molecule has 92 valence electrons. The molecule has 16 heavy (non-hydrogen) atoms. The van der Waals surface area contributed by atoms with Crippen molar-refractivity contribution in [1.29, 1.82) is 0 Å². The van der Waals surface area contributed by atoms with Crippen molar-refractivity contribution < 1.29 is 4.79 Å². The zero-order valence-electron chi connectivity index (χ0n) is 9.75. The van der Waals surface area contributed by atoms with Crippen LogP contribution in [0.2, 0.25) is 0 Å². The number of carbonyl (C=O) groups is 1. The van der Waals surface area contributed by atoms with E-state index in [1.807, 2.05) is 0 Å². The van der Waals surface area contributed by atoms with Crippen LogP contribution < -0.4 is 5.32 Å². The molecule has 1 atom stereocenters. The van der Waals surface area contributed by atoms with Gasteiger partial charge in [0, 0.05) is 24.2 Å². The quantitative estimate of drug-likeness (QED) is 0.756. The van der Waals surface area contributed by atoms with Crippen molar-refractivity contribution >= 4 is 17.7 Å². The third-order valence-electron chi connectivity index (χ3n) is 3.76. The van der Waals surface area contributed by atoms with E-state index in [2.05, 4.69) is 5.32 Å². The molecule has 1 amide bonds. The van der Waals surface area contributed by atoms with Gasteiger partial charge in [-0.1, -0.05) is 19.3 Å². The summed E-state index contributed by atoms with van der Waals surface area (Å²) in [6, 6.07) is 0.199. The smallest absolute Gasteiger partial charge is 0.240 e. The van der Waals surface area contributed by atoms with Gasteiger partial charge in [0.1, 0.15) is 0 Å².